The number of benzene rings is 2. The van der Waals surface area contributed by atoms with Gasteiger partial charge in [-0.25, -0.2) is 17.2 Å². The normalized spacial score (nSPS) is 15.0. The predicted octanol–water partition coefficient (Wildman–Crippen LogP) is 2.21. The summed E-state index contributed by atoms with van der Waals surface area (Å²) in [5, 5.41) is 0. The second-order valence-electron chi connectivity index (χ2n) is 6.50. The molecule has 0 unspecified atom stereocenters. The number of nitrogens with one attached hydrogen (secondary N) is 2. The molecule has 1 fully saturated rings. The van der Waals surface area contributed by atoms with Gasteiger partial charge in [-0.15, -0.1) is 0 Å². The number of amides is 2. The van der Waals surface area contributed by atoms with Crippen LogP contribution in [0.25, 0.3) is 0 Å². The van der Waals surface area contributed by atoms with Crippen molar-refractivity contribution in [1.82, 2.24) is 15.2 Å². The van der Waals surface area contributed by atoms with Crippen LogP contribution in [0.5, 0.6) is 0 Å². The molecule has 0 aromatic heterocycles. The number of hydrogen-bond acceptors (Lipinski definition) is 4. The minimum Gasteiger partial charge on any atom is -0.267 e. The molecule has 1 saturated heterocycles. The van der Waals surface area contributed by atoms with Crippen LogP contribution in [-0.2, 0) is 10.0 Å². The number of nitrogens with zero attached hydrogens (tertiary/aromatic N) is 1. The average molecular weight is 423 g/mol. The van der Waals surface area contributed by atoms with Gasteiger partial charge in [0.25, 0.3) is 11.8 Å². The summed E-state index contributed by atoms with van der Waals surface area (Å²) in [6.07, 6.45) is 2.27. The number of hydrazine groups is 1. The zero-order valence-electron chi connectivity index (χ0n) is 15.3. The largest absolute Gasteiger partial charge is 0.272 e. The highest BCUT2D eigenvalue weighted by molar-refractivity contribution is 7.89. The smallest absolute Gasteiger partial charge is 0.267 e. The van der Waals surface area contributed by atoms with E-state index >= 15 is 0 Å². The molecule has 0 spiro atoms. The van der Waals surface area contributed by atoms with Crippen molar-refractivity contribution in [2.45, 2.75) is 24.2 Å². The van der Waals surface area contributed by atoms with Crippen molar-refractivity contribution in [3.05, 3.63) is 65.2 Å². The molecule has 2 amide bonds. The van der Waals surface area contributed by atoms with Crippen molar-refractivity contribution < 1.29 is 26.8 Å². The van der Waals surface area contributed by atoms with Crippen LogP contribution < -0.4 is 10.9 Å². The molecule has 7 nitrogen and oxygen atoms in total. The summed E-state index contributed by atoms with van der Waals surface area (Å²) >= 11 is 0. The van der Waals surface area contributed by atoms with Gasteiger partial charge in [0.15, 0.2) is 0 Å². The lowest BCUT2D eigenvalue weighted by Crippen LogP contribution is -2.42. The zero-order valence-corrected chi connectivity index (χ0v) is 16.1. The zero-order chi connectivity index (χ0) is 21.0. The monoisotopic (exact) mass is 423 g/mol. The Morgan fingerprint density at radius 2 is 1.52 bits per heavy atom. The SMILES string of the molecule is O=C(NNC(=O)c1ccccc1F)c1ccc(F)c(S(=O)(=O)N2CCCCC2)c1. The van der Waals surface area contributed by atoms with Gasteiger partial charge in [-0.05, 0) is 43.2 Å². The first kappa shape index (κ1) is 20.9. The van der Waals surface area contributed by atoms with Crippen LogP contribution in [0.1, 0.15) is 40.0 Å². The van der Waals surface area contributed by atoms with Crippen LogP contribution in [0.3, 0.4) is 0 Å². The molecule has 0 bridgehead atoms. The van der Waals surface area contributed by atoms with Crippen molar-refractivity contribution in [1.29, 1.82) is 0 Å². The molecule has 29 heavy (non-hydrogen) atoms. The van der Waals surface area contributed by atoms with E-state index in [4.69, 9.17) is 0 Å². The minimum atomic E-state index is -4.09. The fraction of sp³-hybridized carbons (Fsp3) is 0.263. The van der Waals surface area contributed by atoms with Crippen LogP contribution in [0, 0.1) is 11.6 Å². The van der Waals surface area contributed by atoms with E-state index < -0.39 is 38.4 Å². The summed E-state index contributed by atoms with van der Waals surface area (Å²) in [4.78, 5) is 23.6. The number of halogens is 2. The molecule has 2 N–H and O–H groups in total. The van der Waals surface area contributed by atoms with E-state index in [1.165, 1.54) is 22.5 Å². The van der Waals surface area contributed by atoms with E-state index in [9.17, 15) is 26.8 Å². The number of piperidine rings is 1. The lowest BCUT2D eigenvalue weighted by molar-refractivity contribution is 0.0844. The predicted molar refractivity (Wildman–Crippen MR) is 100 cm³/mol. The van der Waals surface area contributed by atoms with Crippen molar-refractivity contribution in [2.24, 2.45) is 0 Å². The lowest BCUT2D eigenvalue weighted by atomic mass is 10.2. The Kier molecular flexibility index (Phi) is 6.23. The van der Waals surface area contributed by atoms with Gasteiger partial charge in [0.2, 0.25) is 10.0 Å². The maximum atomic E-state index is 14.2. The van der Waals surface area contributed by atoms with E-state index in [0.29, 0.717) is 12.8 Å². The third-order valence-electron chi connectivity index (χ3n) is 4.53. The van der Waals surface area contributed by atoms with Crippen LogP contribution in [0.15, 0.2) is 47.4 Å². The second-order valence-corrected chi connectivity index (χ2v) is 8.40. The standard InChI is InChI=1S/C19H19F2N3O4S/c20-15-7-3-2-6-14(15)19(26)23-22-18(25)13-8-9-16(21)17(12-13)29(27,28)24-10-4-1-5-11-24/h2-3,6-9,12H,1,4-5,10-11H2,(H,22,25)(H,23,26). The molecule has 0 aliphatic carbocycles. The van der Waals surface area contributed by atoms with Gasteiger partial charge in [0.1, 0.15) is 16.5 Å². The highest BCUT2D eigenvalue weighted by Gasteiger charge is 2.29. The summed E-state index contributed by atoms with van der Waals surface area (Å²) in [5.41, 5.74) is 3.66. The van der Waals surface area contributed by atoms with Crippen molar-refractivity contribution >= 4 is 21.8 Å². The molecule has 154 valence electrons. The van der Waals surface area contributed by atoms with Gasteiger partial charge >= 0.3 is 0 Å². The maximum Gasteiger partial charge on any atom is 0.272 e. The quantitative estimate of drug-likeness (QED) is 0.737. The van der Waals surface area contributed by atoms with E-state index in [2.05, 4.69) is 5.43 Å². The number of hydrogen-bond donors (Lipinski definition) is 2. The maximum absolute atomic E-state index is 14.2. The topological polar surface area (TPSA) is 95.6 Å². The van der Waals surface area contributed by atoms with Crippen LogP contribution in [-0.4, -0.2) is 37.6 Å². The first-order chi connectivity index (χ1) is 13.8. The van der Waals surface area contributed by atoms with E-state index in [-0.39, 0.29) is 24.2 Å². The van der Waals surface area contributed by atoms with Crippen molar-refractivity contribution in [3.63, 3.8) is 0 Å². The molecule has 0 saturated carbocycles. The molecular formula is C19H19F2N3O4S. The van der Waals surface area contributed by atoms with Crippen LogP contribution in [0.2, 0.25) is 0 Å². The van der Waals surface area contributed by atoms with E-state index in [1.807, 2.05) is 5.43 Å². The number of rotatable bonds is 4. The Hall–Kier alpha value is -2.85. The summed E-state index contributed by atoms with van der Waals surface area (Å²) < 4.78 is 54.4. The Bertz CT molecular complexity index is 1040. The fourth-order valence-electron chi connectivity index (χ4n) is 2.99. The summed E-state index contributed by atoms with van der Waals surface area (Å²) in [7, 11) is -4.09. The highest BCUT2D eigenvalue weighted by Crippen LogP contribution is 2.24. The minimum absolute atomic E-state index is 0.171. The number of sulfonamides is 1. The third-order valence-corrected chi connectivity index (χ3v) is 6.45. The Labute approximate surface area is 166 Å². The molecule has 1 heterocycles. The highest BCUT2D eigenvalue weighted by atomic mass is 32.2. The Morgan fingerprint density at radius 1 is 0.862 bits per heavy atom. The summed E-state index contributed by atoms with van der Waals surface area (Å²) in [5.74, 6) is -3.50. The molecule has 3 rings (SSSR count). The summed E-state index contributed by atoms with van der Waals surface area (Å²) in [6.45, 7) is 0.577. The first-order valence-corrected chi connectivity index (χ1v) is 10.4. The van der Waals surface area contributed by atoms with Gasteiger partial charge in [-0.2, -0.15) is 4.31 Å². The third kappa shape index (κ3) is 4.60. The molecule has 0 atom stereocenters. The molecule has 1 aliphatic rings. The average Bonchev–Trinajstić information content (AvgIpc) is 2.73. The van der Waals surface area contributed by atoms with Crippen molar-refractivity contribution in [2.75, 3.05) is 13.1 Å². The second kappa shape index (κ2) is 8.66. The Balaban J connectivity index is 1.76. The van der Waals surface area contributed by atoms with Gasteiger partial charge in [-0.1, -0.05) is 18.6 Å². The van der Waals surface area contributed by atoms with Gasteiger partial charge in [0.05, 0.1) is 5.56 Å². The summed E-state index contributed by atoms with van der Waals surface area (Å²) in [6, 6.07) is 8.08. The van der Waals surface area contributed by atoms with Crippen LogP contribution >= 0.6 is 0 Å². The van der Waals surface area contributed by atoms with Gasteiger partial charge < -0.3 is 0 Å². The van der Waals surface area contributed by atoms with Crippen LogP contribution in [0.4, 0.5) is 8.78 Å². The molecule has 2 aromatic carbocycles. The molecule has 2 aromatic rings. The van der Waals surface area contributed by atoms with E-state index in [0.717, 1.165) is 30.7 Å². The lowest BCUT2D eigenvalue weighted by Gasteiger charge is -2.26. The fourth-order valence-corrected chi connectivity index (χ4v) is 4.59. The van der Waals surface area contributed by atoms with Gasteiger partial charge in [0, 0.05) is 18.7 Å². The van der Waals surface area contributed by atoms with Gasteiger partial charge in [-0.3, -0.25) is 20.4 Å². The molecule has 0 radical (unpaired) electrons. The Morgan fingerprint density at radius 3 is 2.21 bits per heavy atom. The molecule has 1 aliphatic heterocycles. The number of carbonyl (C=O) groups is 2. The molecule has 10 heteroatoms. The van der Waals surface area contributed by atoms with Crippen molar-refractivity contribution in [3.8, 4) is 0 Å². The molecular weight excluding hydrogens is 404 g/mol. The van der Waals surface area contributed by atoms with E-state index in [1.54, 1.807) is 0 Å². The first-order valence-electron chi connectivity index (χ1n) is 8.95. The number of carbonyl (C=O) groups excluding carboxylic acids is 2.